The van der Waals surface area contributed by atoms with Crippen LogP contribution < -0.4 is 0 Å². The molecule has 7 heteroatoms. The second-order valence-electron chi connectivity index (χ2n) is 13.5. The smallest absolute Gasteiger partial charge is 0.261 e. The standard InChI is InChI=1S/C33H43N3O4/c37-27(22-40-14-7-33-18-23-15-24(19-33)17-25(16-23)20-33)21-35-10-8-34(9-11-35)12-13-36-31(38)28-5-1-3-26-4-2-6-29(30(26)28)32(36)39/h1-6,23-25,27,37H,7-22H2/t23?,24?,25?,27-,33?/m1/s1. The lowest BCUT2D eigenvalue weighted by Gasteiger charge is -2.57. The van der Waals surface area contributed by atoms with Gasteiger partial charge in [0, 0.05) is 68.9 Å². The summed E-state index contributed by atoms with van der Waals surface area (Å²) in [5, 5.41) is 12.4. The van der Waals surface area contributed by atoms with Gasteiger partial charge in [-0.2, -0.15) is 0 Å². The van der Waals surface area contributed by atoms with E-state index in [1.807, 2.05) is 36.4 Å². The van der Waals surface area contributed by atoms with Gasteiger partial charge in [-0.25, -0.2) is 0 Å². The van der Waals surface area contributed by atoms with Crippen molar-refractivity contribution >= 4 is 22.6 Å². The summed E-state index contributed by atoms with van der Waals surface area (Å²) in [6, 6.07) is 11.3. The van der Waals surface area contributed by atoms with Gasteiger partial charge in [0.25, 0.3) is 11.8 Å². The van der Waals surface area contributed by atoms with Gasteiger partial charge < -0.3 is 9.84 Å². The zero-order valence-corrected chi connectivity index (χ0v) is 23.6. The monoisotopic (exact) mass is 545 g/mol. The minimum atomic E-state index is -0.464. The van der Waals surface area contributed by atoms with Crippen LogP contribution in [0.1, 0.15) is 65.7 Å². The molecule has 0 unspecified atom stereocenters. The van der Waals surface area contributed by atoms with Crippen LogP contribution >= 0.6 is 0 Å². The fourth-order valence-electron chi connectivity index (χ4n) is 9.18. The number of aliphatic hydroxyl groups excluding tert-OH is 1. The predicted molar refractivity (Wildman–Crippen MR) is 154 cm³/mol. The molecule has 4 bridgehead atoms. The molecule has 1 N–H and O–H groups in total. The van der Waals surface area contributed by atoms with Gasteiger partial charge >= 0.3 is 0 Å². The third-order valence-corrected chi connectivity index (χ3v) is 10.7. The van der Waals surface area contributed by atoms with Gasteiger partial charge in [0.2, 0.25) is 0 Å². The molecular weight excluding hydrogens is 502 g/mol. The Morgan fingerprint density at radius 1 is 0.825 bits per heavy atom. The number of hydrogen-bond donors (Lipinski definition) is 1. The highest BCUT2D eigenvalue weighted by molar-refractivity contribution is 6.25. The Labute approximate surface area is 237 Å². The summed E-state index contributed by atoms with van der Waals surface area (Å²) in [5.74, 6) is 2.53. The van der Waals surface area contributed by atoms with E-state index in [1.54, 1.807) is 0 Å². The van der Waals surface area contributed by atoms with E-state index in [0.29, 0.717) is 42.8 Å². The lowest BCUT2D eigenvalue weighted by Crippen LogP contribution is -2.51. The van der Waals surface area contributed by atoms with Gasteiger partial charge in [0.05, 0.1) is 12.7 Å². The number of ether oxygens (including phenoxy) is 1. The first-order chi connectivity index (χ1) is 19.5. The molecule has 2 amide bonds. The first-order valence-corrected chi connectivity index (χ1v) is 15.5. The molecular formula is C33H43N3O4. The highest BCUT2D eigenvalue weighted by Gasteiger charge is 2.50. The van der Waals surface area contributed by atoms with Crippen LogP contribution in [0.25, 0.3) is 10.8 Å². The lowest BCUT2D eigenvalue weighted by atomic mass is 9.49. The van der Waals surface area contributed by atoms with Crippen molar-refractivity contribution in [2.45, 2.75) is 51.0 Å². The van der Waals surface area contributed by atoms with Crippen LogP contribution in [-0.2, 0) is 4.74 Å². The van der Waals surface area contributed by atoms with Gasteiger partial charge in [-0.15, -0.1) is 0 Å². The van der Waals surface area contributed by atoms with E-state index in [0.717, 1.165) is 61.3 Å². The first kappa shape index (κ1) is 26.6. The van der Waals surface area contributed by atoms with Gasteiger partial charge in [0.15, 0.2) is 0 Å². The molecule has 0 aromatic heterocycles. The van der Waals surface area contributed by atoms with E-state index in [2.05, 4.69) is 9.80 Å². The van der Waals surface area contributed by atoms with Gasteiger partial charge in [0.1, 0.15) is 0 Å². The maximum atomic E-state index is 13.2. The molecule has 0 spiro atoms. The molecule has 0 radical (unpaired) electrons. The van der Waals surface area contributed by atoms with Crippen LogP contribution in [0.2, 0.25) is 0 Å². The van der Waals surface area contributed by atoms with Crippen molar-refractivity contribution in [1.29, 1.82) is 0 Å². The number of hydrogen-bond acceptors (Lipinski definition) is 6. The number of nitrogens with zero attached hydrogens (tertiary/aromatic N) is 3. The molecule has 4 aliphatic carbocycles. The number of rotatable bonds is 10. The Morgan fingerprint density at radius 3 is 2.00 bits per heavy atom. The Hall–Kier alpha value is -2.32. The van der Waals surface area contributed by atoms with Crippen molar-refractivity contribution in [1.82, 2.24) is 14.7 Å². The average molecular weight is 546 g/mol. The number of aliphatic hydroxyl groups is 1. The lowest BCUT2D eigenvalue weighted by molar-refractivity contribution is -0.0744. The van der Waals surface area contributed by atoms with E-state index >= 15 is 0 Å². The highest BCUT2D eigenvalue weighted by atomic mass is 16.5. The van der Waals surface area contributed by atoms with Gasteiger partial charge in [-0.3, -0.25) is 24.3 Å². The Kier molecular flexibility index (Phi) is 7.19. The number of imide groups is 1. The maximum Gasteiger partial charge on any atom is 0.261 e. The maximum absolute atomic E-state index is 13.2. The van der Waals surface area contributed by atoms with Gasteiger partial charge in [-0.05, 0) is 85.6 Å². The Morgan fingerprint density at radius 2 is 1.40 bits per heavy atom. The number of benzene rings is 2. The third kappa shape index (κ3) is 5.11. The molecule has 2 heterocycles. The average Bonchev–Trinajstić information content (AvgIpc) is 2.94. The molecule has 214 valence electrons. The Bertz CT molecular complexity index is 1180. The van der Waals surface area contributed by atoms with Crippen molar-refractivity contribution in [3.05, 3.63) is 47.5 Å². The van der Waals surface area contributed by atoms with Crippen molar-refractivity contribution in [3.8, 4) is 0 Å². The molecule has 2 aliphatic heterocycles. The SMILES string of the molecule is O=C1c2cccc3cccc(c23)C(=O)N1CCN1CCN(C[C@@H](O)COCCC23CC4CC(CC(C4)C2)C3)CC1. The summed E-state index contributed by atoms with van der Waals surface area (Å²) in [4.78, 5) is 32.4. The fourth-order valence-corrected chi connectivity index (χ4v) is 9.18. The van der Waals surface area contributed by atoms with Crippen LogP contribution in [0, 0.1) is 23.2 Å². The van der Waals surface area contributed by atoms with E-state index in [1.165, 1.54) is 49.8 Å². The zero-order chi connectivity index (χ0) is 27.3. The number of amides is 2. The van der Waals surface area contributed by atoms with E-state index < -0.39 is 6.10 Å². The molecule has 40 heavy (non-hydrogen) atoms. The van der Waals surface area contributed by atoms with Crippen LogP contribution in [0.3, 0.4) is 0 Å². The van der Waals surface area contributed by atoms with Crippen molar-refractivity contribution in [3.63, 3.8) is 0 Å². The second-order valence-corrected chi connectivity index (χ2v) is 13.5. The molecule has 8 rings (SSSR count). The van der Waals surface area contributed by atoms with Crippen molar-refractivity contribution in [2.75, 3.05) is 59.0 Å². The third-order valence-electron chi connectivity index (χ3n) is 10.7. The molecule has 1 atom stereocenters. The van der Waals surface area contributed by atoms with E-state index in [4.69, 9.17) is 4.74 Å². The summed E-state index contributed by atoms with van der Waals surface area (Å²) in [5.41, 5.74) is 1.77. The van der Waals surface area contributed by atoms with Crippen LogP contribution in [0.5, 0.6) is 0 Å². The summed E-state index contributed by atoms with van der Waals surface area (Å²) in [6.07, 6.45) is 9.39. The normalized spacial score (nSPS) is 30.9. The predicted octanol–water partition coefficient (Wildman–Crippen LogP) is 4.04. The van der Waals surface area contributed by atoms with Crippen molar-refractivity contribution < 1.29 is 19.4 Å². The molecule has 2 aromatic carbocycles. The first-order valence-electron chi connectivity index (χ1n) is 15.5. The molecule has 4 saturated carbocycles. The largest absolute Gasteiger partial charge is 0.389 e. The quantitative estimate of drug-likeness (QED) is 0.359. The summed E-state index contributed by atoms with van der Waals surface area (Å²) >= 11 is 0. The number of piperazine rings is 1. The van der Waals surface area contributed by atoms with Gasteiger partial charge in [-0.1, -0.05) is 24.3 Å². The molecule has 7 nitrogen and oxygen atoms in total. The second kappa shape index (κ2) is 10.8. The van der Waals surface area contributed by atoms with Crippen LogP contribution in [0.15, 0.2) is 36.4 Å². The topological polar surface area (TPSA) is 73.3 Å². The minimum absolute atomic E-state index is 0.195. The highest BCUT2D eigenvalue weighted by Crippen LogP contribution is 2.61. The van der Waals surface area contributed by atoms with E-state index in [9.17, 15) is 14.7 Å². The van der Waals surface area contributed by atoms with Crippen molar-refractivity contribution in [2.24, 2.45) is 23.2 Å². The molecule has 5 fully saturated rings. The molecule has 1 saturated heterocycles. The summed E-state index contributed by atoms with van der Waals surface area (Å²) in [6.45, 7) is 6.35. The summed E-state index contributed by atoms with van der Waals surface area (Å²) < 4.78 is 6.01. The fraction of sp³-hybridized carbons (Fsp3) is 0.636. The van der Waals surface area contributed by atoms with Crippen LogP contribution in [0.4, 0.5) is 0 Å². The minimum Gasteiger partial charge on any atom is -0.389 e. The molecule has 6 aliphatic rings. The number of carbonyl (C=O) groups is 2. The number of carbonyl (C=O) groups excluding carboxylic acids is 2. The zero-order valence-electron chi connectivity index (χ0n) is 23.6. The van der Waals surface area contributed by atoms with Crippen LogP contribution in [-0.4, -0.2) is 96.8 Å². The molecule has 2 aromatic rings. The van der Waals surface area contributed by atoms with E-state index in [-0.39, 0.29) is 11.8 Å². The Balaban J connectivity index is 0.829. The summed E-state index contributed by atoms with van der Waals surface area (Å²) in [7, 11) is 0. The number of β-amino-alcohol motifs (C(OH)–C–C–N with tert-alkyl or cyclic N) is 1.